The molecular formula is C13H13N5O. The number of aromatic nitrogens is 3. The first-order chi connectivity index (χ1) is 9.02. The molecule has 2 aromatic heterocycles. The largest absolute Gasteiger partial charge is 0.317 e. The van der Waals surface area contributed by atoms with Crippen LogP contribution in [-0.2, 0) is 0 Å². The van der Waals surface area contributed by atoms with E-state index in [9.17, 15) is 4.79 Å². The summed E-state index contributed by atoms with van der Waals surface area (Å²) in [5.74, 6) is -0.319. The Hall–Kier alpha value is -2.68. The first-order valence-electron chi connectivity index (χ1n) is 5.73. The van der Waals surface area contributed by atoms with Crippen LogP contribution in [0.5, 0.6) is 0 Å². The average Bonchev–Trinajstić information content (AvgIpc) is 2.70. The van der Waals surface area contributed by atoms with Gasteiger partial charge < -0.3 is 5.32 Å². The van der Waals surface area contributed by atoms with Gasteiger partial charge in [0.25, 0.3) is 5.91 Å². The highest BCUT2D eigenvalue weighted by Gasteiger charge is 2.13. The maximum absolute atomic E-state index is 12.1. The fraction of sp³-hybridized carbons (Fsp3) is 0.231. The number of H-pyrrole nitrogens is 1. The molecule has 96 valence electrons. The van der Waals surface area contributed by atoms with Gasteiger partial charge in [0.2, 0.25) is 0 Å². The van der Waals surface area contributed by atoms with Crippen LogP contribution in [0.3, 0.4) is 0 Å². The number of rotatable bonds is 2. The summed E-state index contributed by atoms with van der Waals surface area (Å²) in [5.41, 5.74) is 3.45. The van der Waals surface area contributed by atoms with Gasteiger partial charge in [0, 0.05) is 0 Å². The highest BCUT2D eigenvalue weighted by atomic mass is 16.1. The first-order valence-corrected chi connectivity index (χ1v) is 5.73. The minimum Gasteiger partial charge on any atom is -0.317 e. The summed E-state index contributed by atoms with van der Waals surface area (Å²) < 4.78 is 0. The van der Waals surface area contributed by atoms with Gasteiger partial charge in [-0.3, -0.25) is 9.89 Å². The summed E-state index contributed by atoms with van der Waals surface area (Å²) in [6.07, 6.45) is 0. The third-order valence-corrected chi connectivity index (χ3v) is 2.81. The van der Waals surface area contributed by atoms with Crippen LogP contribution < -0.4 is 5.32 Å². The van der Waals surface area contributed by atoms with Crippen molar-refractivity contribution in [3.05, 3.63) is 40.5 Å². The normalized spacial score (nSPS) is 10.0. The number of nitrogens with zero attached hydrogens (tertiary/aromatic N) is 3. The molecule has 19 heavy (non-hydrogen) atoms. The standard InChI is InChI=1S/C13H13N5O/c1-7-10(6-14)4-5-11(15-7)13(19)16-12-8(2)17-18-9(12)3/h4-5H,1-3H3,(H,16,19)(H,17,18). The second kappa shape index (κ2) is 4.90. The van der Waals surface area contributed by atoms with Crippen LogP contribution >= 0.6 is 0 Å². The maximum Gasteiger partial charge on any atom is 0.274 e. The lowest BCUT2D eigenvalue weighted by molar-refractivity contribution is 0.102. The summed E-state index contributed by atoms with van der Waals surface area (Å²) in [6.45, 7) is 5.33. The van der Waals surface area contributed by atoms with Crippen LogP contribution in [0.15, 0.2) is 12.1 Å². The number of pyridine rings is 1. The number of aryl methyl sites for hydroxylation is 3. The number of aromatic amines is 1. The number of hydrogen-bond donors (Lipinski definition) is 2. The van der Waals surface area contributed by atoms with Crippen LogP contribution in [0.2, 0.25) is 0 Å². The molecular weight excluding hydrogens is 242 g/mol. The molecule has 1 amide bonds. The molecule has 2 rings (SSSR count). The van der Waals surface area contributed by atoms with E-state index in [-0.39, 0.29) is 11.6 Å². The molecule has 6 nitrogen and oxygen atoms in total. The lowest BCUT2D eigenvalue weighted by Gasteiger charge is -2.05. The monoisotopic (exact) mass is 255 g/mol. The quantitative estimate of drug-likeness (QED) is 0.856. The van der Waals surface area contributed by atoms with E-state index in [1.54, 1.807) is 19.9 Å². The van der Waals surface area contributed by atoms with E-state index in [1.165, 1.54) is 6.07 Å². The van der Waals surface area contributed by atoms with E-state index >= 15 is 0 Å². The summed E-state index contributed by atoms with van der Waals surface area (Å²) in [4.78, 5) is 16.2. The molecule has 0 bridgehead atoms. The van der Waals surface area contributed by atoms with Crippen molar-refractivity contribution in [2.45, 2.75) is 20.8 Å². The Morgan fingerprint density at radius 1 is 1.32 bits per heavy atom. The molecule has 0 atom stereocenters. The summed E-state index contributed by atoms with van der Waals surface area (Å²) in [5, 5.41) is 18.4. The number of nitriles is 1. The topological polar surface area (TPSA) is 94.5 Å². The zero-order valence-corrected chi connectivity index (χ0v) is 10.9. The Morgan fingerprint density at radius 2 is 2.05 bits per heavy atom. The summed E-state index contributed by atoms with van der Waals surface area (Å²) in [6, 6.07) is 5.14. The van der Waals surface area contributed by atoms with Crippen molar-refractivity contribution < 1.29 is 4.79 Å². The maximum atomic E-state index is 12.1. The van der Waals surface area contributed by atoms with E-state index in [1.807, 2.05) is 13.0 Å². The van der Waals surface area contributed by atoms with E-state index in [2.05, 4.69) is 20.5 Å². The van der Waals surface area contributed by atoms with Crippen LogP contribution in [0, 0.1) is 32.1 Å². The van der Waals surface area contributed by atoms with Crippen molar-refractivity contribution in [2.24, 2.45) is 0 Å². The fourth-order valence-electron chi connectivity index (χ4n) is 1.72. The van der Waals surface area contributed by atoms with E-state index in [0.29, 0.717) is 16.9 Å². The zero-order chi connectivity index (χ0) is 14.0. The number of nitrogens with one attached hydrogen (secondary N) is 2. The first kappa shape index (κ1) is 12.8. The van der Waals surface area contributed by atoms with E-state index in [4.69, 9.17) is 5.26 Å². The third-order valence-electron chi connectivity index (χ3n) is 2.81. The van der Waals surface area contributed by atoms with E-state index < -0.39 is 0 Å². The molecule has 2 aromatic rings. The fourth-order valence-corrected chi connectivity index (χ4v) is 1.72. The minimum absolute atomic E-state index is 0.275. The highest BCUT2D eigenvalue weighted by molar-refractivity contribution is 6.03. The summed E-state index contributed by atoms with van der Waals surface area (Å²) in [7, 11) is 0. The average molecular weight is 255 g/mol. The predicted molar refractivity (Wildman–Crippen MR) is 69.7 cm³/mol. The van der Waals surface area contributed by atoms with Gasteiger partial charge in [-0.2, -0.15) is 10.4 Å². The predicted octanol–water partition coefficient (Wildman–Crippen LogP) is 1.85. The lowest BCUT2D eigenvalue weighted by atomic mass is 10.2. The molecule has 0 aliphatic rings. The third kappa shape index (κ3) is 2.45. The van der Waals surface area contributed by atoms with Crippen molar-refractivity contribution in [1.82, 2.24) is 15.2 Å². The van der Waals surface area contributed by atoms with Crippen LogP contribution in [0.25, 0.3) is 0 Å². The number of anilines is 1. The van der Waals surface area contributed by atoms with Crippen molar-refractivity contribution in [1.29, 1.82) is 5.26 Å². The van der Waals surface area contributed by atoms with Gasteiger partial charge >= 0.3 is 0 Å². The number of hydrogen-bond acceptors (Lipinski definition) is 4. The van der Waals surface area contributed by atoms with Gasteiger partial charge in [0.1, 0.15) is 11.8 Å². The van der Waals surface area contributed by atoms with Crippen LogP contribution in [0.1, 0.15) is 33.1 Å². The molecule has 0 aliphatic carbocycles. The van der Waals surface area contributed by atoms with Crippen molar-refractivity contribution in [2.75, 3.05) is 5.32 Å². The Labute approximate surface area is 110 Å². The van der Waals surface area contributed by atoms with Gasteiger partial charge in [-0.1, -0.05) is 0 Å². The molecule has 2 N–H and O–H groups in total. The molecule has 0 spiro atoms. The van der Waals surface area contributed by atoms with Gasteiger partial charge in [-0.15, -0.1) is 0 Å². The molecule has 0 saturated carbocycles. The van der Waals surface area contributed by atoms with Gasteiger partial charge in [-0.05, 0) is 32.9 Å². The number of carbonyl (C=O) groups excluding carboxylic acids is 1. The summed E-state index contributed by atoms with van der Waals surface area (Å²) >= 11 is 0. The van der Waals surface area contributed by atoms with Crippen molar-refractivity contribution in [3.63, 3.8) is 0 Å². The van der Waals surface area contributed by atoms with Crippen molar-refractivity contribution in [3.8, 4) is 6.07 Å². The van der Waals surface area contributed by atoms with Gasteiger partial charge in [0.05, 0.1) is 28.3 Å². The van der Waals surface area contributed by atoms with Crippen molar-refractivity contribution >= 4 is 11.6 Å². The van der Waals surface area contributed by atoms with Gasteiger partial charge in [0.15, 0.2) is 0 Å². The smallest absolute Gasteiger partial charge is 0.274 e. The Bertz CT molecular complexity index is 661. The molecule has 0 radical (unpaired) electrons. The van der Waals surface area contributed by atoms with Crippen LogP contribution in [-0.4, -0.2) is 21.1 Å². The van der Waals surface area contributed by atoms with Gasteiger partial charge in [-0.25, -0.2) is 4.98 Å². The Morgan fingerprint density at radius 3 is 2.58 bits per heavy atom. The SMILES string of the molecule is Cc1nc(C(=O)Nc2c(C)n[nH]c2C)ccc1C#N. The van der Waals surface area contributed by atoms with Crippen LogP contribution in [0.4, 0.5) is 5.69 Å². The minimum atomic E-state index is -0.319. The zero-order valence-electron chi connectivity index (χ0n) is 10.9. The Kier molecular flexibility index (Phi) is 3.29. The van der Waals surface area contributed by atoms with E-state index in [0.717, 1.165) is 11.4 Å². The molecule has 0 saturated heterocycles. The lowest BCUT2D eigenvalue weighted by Crippen LogP contribution is -2.15. The second-order valence-electron chi connectivity index (χ2n) is 4.20. The molecule has 6 heteroatoms. The highest BCUT2D eigenvalue weighted by Crippen LogP contribution is 2.17. The second-order valence-corrected chi connectivity index (χ2v) is 4.20. The number of carbonyl (C=O) groups is 1. The molecule has 2 heterocycles. The molecule has 0 fully saturated rings. The molecule has 0 unspecified atom stereocenters. The number of amides is 1. The molecule has 0 aliphatic heterocycles. The molecule has 0 aromatic carbocycles. The Balaban J connectivity index is 2.26.